The van der Waals surface area contributed by atoms with Crippen LogP contribution < -0.4 is 5.32 Å². The average Bonchev–Trinajstić information content (AvgIpc) is 3.32. The van der Waals surface area contributed by atoms with Crippen molar-refractivity contribution in [2.45, 2.75) is 6.54 Å². The quantitative estimate of drug-likeness (QED) is 0.482. The number of benzene rings is 2. The number of rotatable bonds is 4. The molecule has 1 N–H and O–H groups in total. The largest absolute Gasteiger partial charge is 0.341 e. The average molecular weight is 375 g/mol. The summed E-state index contributed by atoms with van der Waals surface area (Å²) < 4.78 is 16.4. The highest BCUT2D eigenvalue weighted by Crippen LogP contribution is 2.27. The number of fused-ring (bicyclic) bond motifs is 2. The molecular weight excluding hydrogens is 361 g/mol. The zero-order valence-corrected chi connectivity index (χ0v) is 14.9. The Morgan fingerprint density at radius 3 is 2.93 bits per heavy atom. The maximum atomic E-state index is 14.3. The molecule has 0 unspecified atom stereocenters. The fraction of sp³-hybridized carbons (Fsp3) is 0.0500. The molecular formula is C20H14FN5S. The normalized spacial score (nSPS) is 11.3. The molecule has 0 aliphatic rings. The first-order valence-corrected chi connectivity index (χ1v) is 9.34. The predicted octanol–water partition coefficient (Wildman–Crippen LogP) is 4.97. The molecule has 5 rings (SSSR count). The zero-order valence-electron chi connectivity index (χ0n) is 14.1. The van der Waals surface area contributed by atoms with E-state index in [1.54, 1.807) is 23.5 Å². The van der Waals surface area contributed by atoms with Crippen LogP contribution in [0.3, 0.4) is 0 Å². The summed E-state index contributed by atoms with van der Waals surface area (Å²) in [6.07, 6.45) is 3.49. The lowest BCUT2D eigenvalue weighted by molar-refractivity contribution is 0.639. The third-order valence-corrected chi connectivity index (χ3v) is 5.10. The number of thiazole rings is 1. The van der Waals surface area contributed by atoms with Gasteiger partial charge in [-0.1, -0.05) is 6.07 Å². The molecule has 3 heterocycles. The molecule has 0 amide bonds. The van der Waals surface area contributed by atoms with Crippen LogP contribution in [0.4, 0.5) is 15.9 Å². The van der Waals surface area contributed by atoms with Gasteiger partial charge in [0, 0.05) is 28.2 Å². The lowest BCUT2D eigenvalue weighted by Gasteiger charge is -2.10. The van der Waals surface area contributed by atoms with Crippen LogP contribution in [0.1, 0.15) is 5.69 Å². The molecule has 2 aromatic carbocycles. The minimum absolute atomic E-state index is 0.342. The van der Waals surface area contributed by atoms with Crippen molar-refractivity contribution in [3.8, 4) is 0 Å². The Balaban J connectivity index is 1.50. The summed E-state index contributed by atoms with van der Waals surface area (Å²) in [4.78, 5) is 12.7. The van der Waals surface area contributed by atoms with Gasteiger partial charge >= 0.3 is 0 Å². The summed E-state index contributed by atoms with van der Waals surface area (Å²) >= 11 is 1.60. The van der Waals surface area contributed by atoms with Crippen molar-refractivity contribution in [2.24, 2.45) is 0 Å². The van der Waals surface area contributed by atoms with Gasteiger partial charge in [-0.15, -0.1) is 11.3 Å². The summed E-state index contributed by atoms with van der Waals surface area (Å²) in [6, 6.07) is 12.9. The highest BCUT2D eigenvalue weighted by Gasteiger charge is 2.10. The maximum absolute atomic E-state index is 14.3. The third kappa shape index (κ3) is 2.92. The van der Waals surface area contributed by atoms with E-state index in [0.29, 0.717) is 16.7 Å². The van der Waals surface area contributed by atoms with Crippen molar-refractivity contribution in [3.63, 3.8) is 0 Å². The van der Waals surface area contributed by atoms with Gasteiger partial charge < -0.3 is 9.88 Å². The van der Waals surface area contributed by atoms with Crippen molar-refractivity contribution in [3.05, 3.63) is 77.4 Å². The highest BCUT2D eigenvalue weighted by atomic mass is 32.1. The summed E-state index contributed by atoms with van der Waals surface area (Å²) in [5, 5.41) is 6.76. The van der Waals surface area contributed by atoms with E-state index in [9.17, 15) is 4.39 Å². The monoisotopic (exact) mass is 375 g/mol. The van der Waals surface area contributed by atoms with Gasteiger partial charge in [0.2, 0.25) is 0 Å². The van der Waals surface area contributed by atoms with Gasteiger partial charge in [-0.2, -0.15) is 0 Å². The van der Waals surface area contributed by atoms with Gasteiger partial charge in [-0.05, 0) is 36.4 Å². The molecule has 0 bridgehead atoms. The molecule has 0 spiro atoms. The van der Waals surface area contributed by atoms with E-state index in [1.165, 1.54) is 12.4 Å². The van der Waals surface area contributed by atoms with Gasteiger partial charge in [0.05, 0.1) is 28.7 Å². The Morgan fingerprint density at radius 1 is 1.07 bits per heavy atom. The maximum Gasteiger partial charge on any atom is 0.144 e. The molecule has 0 saturated heterocycles. The van der Waals surface area contributed by atoms with Gasteiger partial charge in [0.1, 0.15) is 18.0 Å². The minimum atomic E-state index is -0.342. The molecule has 0 aliphatic carbocycles. The number of anilines is 2. The molecule has 5 nitrogen and oxygen atoms in total. The first-order valence-electron chi connectivity index (χ1n) is 8.40. The molecule has 0 saturated carbocycles. The molecule has 3 aromatic heterocycles. The van der Waals surface area contributed by atoms with Crippen LogP contribution in [0.15, 0.2) is 65.9 Å². The predicted molar refractivity (Wildman–Crippen MR) is 106 cm³/mol. The van der Waals surface area contributed by atoms with E-state index < -0.39 is 0 Å². The third-order valence-electron chi connectivity index (χ3n) is 4.46. The van der Waals surface area contributed by atoms with Crippen molar-refractivity contribution in [1.82, 2.24) is 19.5 Å². The van der Waals surface area contributed by atoms with Crippen LogP contribution in [0, 0.1) is 5.82 Å². The lowest BCUT2D eigenvalue weighted by Crippen LogP contribution is -1.99. The summed E-state index contributed by atoms with van der Waals surface area (Å²) in [6.45, 7) is 0.738. The van der Waals surface area contributed by atoms with Gasteiger partial charge in [-0.3, -0.25) is 0 Å². The smallest absolute Gasteiger partial charge is 0.144 e. The topological polar surface area (TPSA) is 55.6 Å². The molecule has 0 radical (unpaired) electrons. The minimum Gasteiger partial charge on any atom is -0.341 e. The van der Waals surface area contributed by atoms with E-state index in [2.05, 4.69) is 36.3 Å². The molecule has 5 aromatic rings. The lowest BCUT2D eigenvalue weighted by atomic mass is 10.2. The van der Waals surface area contributed by atoms with Gasteiger partial charge in [0.15, 0.2) is 0 Å². The van der Waals surface area contributed by atoms with Crippen LogP contribution in [0.5, 0.6) is 0 Å². The molecule has 7 heteroatoms. The Bertz CT molecular complexity index is 1240. The second kappa shape index (κ2) is 6.44. The van der Waals surface area contributed by atoms with E-state index in [0.717, 1.165) is 28.8 Å². The van der Waals surface area contributed by atoms with Crippen molar-refractivity contribution in [1.29, 1.82) is 0 Å². The molecule has 0 fully saturated rings. The number of nitrogens with zero attached hydrogens (tertiary/aromatic N) is 4. The fourth-order valence-corrected chi connectivity index (χ4v) is 3.76. The molecule has 0 atom stereocenters. The summed E-state index contributed by atoms with van der Waals surface area (Å²) in [7, 11) is 0. The number of hydrogen-bond donors (Lipinski definition) is 1. The first kappa shape index (κ1) is 15.9. The Morgan fingerprint density at radius 2 is 2.04 bits per heavy atom. The fourth-order valence-electron chi connectivity index (χ4n) is 3.21. The van der Waals surface area contributed by atoms with Crippen LogP contribution >= 0.6 is 11.3 Å². The number of hydrogen-bond acceptors (Lipinski definition) is 5. The van der Waals surface area contributed by atoms with E-state index in [1.807, 2.05) is 29.9 Å². The second-order valence-corrected chi connectivity index (χ2v) is 6.90. The first-order chi connectivity index (χ1) is 13.3. The summed E-state index contributed by atoms with van der Waals surface area (Å²) in [5.74, 6) is 0.116. The van der Waals surface area contributed by atoms with Crippen LogP contribution in [0.2, 0.25) is 0 Å². The van der Waals surface area contributed by atoms with E-state index in [-0.39, 0.29) is 5.82 Å². The van der Waals surface area contributed by atoms with E-state index >= 15 is 0 Å². The Labute approximate surface area is 158 Å². The zero-order chi connectivity index (χ0) is 18.2. The van der Waals surface area contributed by atoms with Crippen LogP contribution in [-0.4, -0.2) is 19.5 Å². The van der Waals surface area contributed by atoms with E-state index in [4.69, 9.17) is 0 Å². The summed E-state index contributed by atoms with van der Waals surface area (Å²) in [5.41, 5.74) is 5.42. The highest BCUT2D eigenvalue weighted by molar-refractivity contribution is 7.07. The van der Waals surface area contributed by atoms with Crippen molar-refractivity contribution in [2.75, 3.05) is 5.32 Å². The van der Waals surface area contributed by atoms with Crippen molar-refractivity contribution < 1.29 is 4.39 Å². The Hall–Kier alpha value is -3.32. The molecule has 27 heavy (non-hydrogen) atoms. The molecule has 0 aliphatic heterocycles. The standard InChI is InChI=1S/C20H14FN5S/c21-16-2-1-3-17-19(16)20(23-11-22-17)25-14-4-5-18-13(8-14)6-7-26(18)9-15-10-27-12-24-15/h1-8,10-12H,9H2,(H,22,23,25). The van der Waals surface area contributed by atoms with Crippen molar-refractivity contribution >= 4 is 44.6 Å². The Kier molecular flexibility index (Phi) is 3.79. The number of nitrogens with one attached hydrogen (secondary N) is 1. The number of halogens is 1. The van der Waals surface area contributed by atoms with Gasteiger partial charge in [-0.25, -0.2) is 19.3 Å². The van der Waals surface area contributed by atoms with Crippen LogP contribution in [-0.2, 0) is 6.54 Å². The van der Waals surface area contributed by atoms with Crippen LogP contribution in [0.25, 0.3) is 21.8 Å². The molecule has 132 valence electrons. The van der Waals surface area contributed by atoms with Gasteiger partial charge in [0.25, 0.3) is 0 Å². The number of aromatic nitrogens is 4. The SMILES string of the molecule is Fc1cccc2ncnc(Nc3ccc4c(ccn4Cc4cscn4)c3)c12. The second-order valence-electron chi connectivity index (χ2n) is 6.18.